The van der Waals surface area contributed by atoms with Crippen molar-refractivity contribution in [3.8, 4) is 0 Å². The van der Waals surface area contributed by atoms with E-state index in [0.29, 0.717) is 0 Å². The van der Waals surface area contributed by atoms with Gasteiger partial charge in [-0.25, -0.2) is 4.39 Å². The van der Waals surface area contributed by atoms with E-state index in [1.165, 1.54) is 0 Å². The van der Waals surface area contributed by atoms with E-state index in [9.17, 15) is 43.9 Å². The minimum atomic E-state index is -6.59. The van der Waals surface area contributed by atoms with Crippen LogP contribution in [0, 0.1) is 0 Å². The first-order chi connectivity index (χ1) is 11.6. The lowest BCUT2D eigenvalue weighted by atomic mass is 10.0. The highest BCUT2D eigenvalue weighted by Gasteiger charge is 2.85. The van der Waals surface area contributed by atoms with Gasteiger partial charge in [0, 0.05) is 19.8 Å². The lowest BCUT2D eigenvalue weighted by Gasteiger charge is -2.41. The van der Waals surface area contributed by atoms with E-state index in [1.54, 1.807) is 0 Å². The van der Waals surface area contributed by atoms with Gasteiger partial charge in [-0.05, 0) is 20.8 Å². The average molecular weight is 428 g/mol. The molecule has 0 rings (SSSR count). The first-order valence-corrected chi connectivity index (χ1v) is 9.04. The third kappa shape index (κ3) is 4.81. The number of hydrogen-bond donors (Lipinski definition) is 0. The van der Waals surface area contributed by atoms with Crippen LogP contribution in [-0.2, 0) is 13.3 Å². The number of rotatable bonds is 11. The van der Waals surface area contributed by atoms with Crippen LogP contribution in [0.2, 0.25) is 0 Å². The van der Waals surface area contributed by atoms with Gasteiger partial charge < -0.3 is 13.3 Å². The van der Waals surface area contributed by atoms with Crippen molar-refractivity contribution in [1.29, 1.82) is 0 Å². The van der Waals surface area contributed by atoms with Gasteiger partial charge in [0.05, 0.1) is 6.42 Å². The van der Waals surface area contributed by atoms with Gasteiger partial charge >= 0.3 is 32.4 Å². The zero-order valence-electron chi connectivity index (χ0n) is 13.9. The zero-order chi connectivity index (χ0) is 21.0. The fourth-order valence-electron chi connectivity index (χ4n) is 1.90. The molecule has 26 heavy (non-hydrogen) atoms. The summed E-state index contributed by atoms with van der Waals surface area (Å²) in [6.07, 6.45) is -13.3. The lowest BCUT2D eigenvalue weighted by Crippen LogP contribution is -2.73. The summed E-state index contributed by atoms with van der Waals surface area (Å²) in [6.45, 7) is 0.997. The average Bonchev–Trinajstić information content (AvgIpc) is 2.45. The largest absolute Gasteiger partial charge is 0.582 e. The minimum absolute atomic E-state index is 0.717. The van der Waals surface area contributed by atoms with E-state index in [-0.39, 0.29) is 0 Å². The Hall–Kier alpha value is -0.603. The molecule has 14 heteroatoms. The van der Waals surface area contributed by atoms with Gasteiger partial charge in [0.1, 0.15) is 0 Å². The van der Waals surface area contributed by atoms with Crippen molar-refractivity contribution in [1.82, 2.24) is 0 Å². The molecular formula is C12H18F10O3Si. The minimum Gasteiger partial charge on any atom is -0.370 e. The monoisotopic (exact) mass is 428 g/mol. The standard InChI is InChI=1S/C12H18F10O3Si/c1-4-23-26(24-5-2,25-6-3)12(21,22)11(19,20)10(17,18)8(13)7-9(14,15)16/h8H,4-7H2,1-3H3. The Morgan fingerprint density at radius 1 is 0.731 bits per heavy atom. The predicted octanol–water partition coefficient (Wildman–Crippen LogP) is 4.77. The number of alkyl halides is 10. The molecule has 0 saturated carbocycles. The first kappa shape index (κ1) is 25.4. The Labute approximate surface area is 144 Å². The predicted molar refractivity (Wildman–Crippen MR) is 71.0 cm³/mol. The van der Waals surface area contributed by atoms with Crippen molar-refractivity contribution in [2.75, 3.05) is 19.8 Å². The first-order valence-electron chi connectivity index (χ1n) is 7.32. The van der Waals surface area contributed by atoms with Crippen LogP contribution in [0.5, 0.6) is 0 Å². The molecule has 1 unspecified atom stereocenters. The van der Waals surface area contributed by atoms with Crippen molar-refractivity contribution >= 4 is 8.80 Å². The second kappa shape index (κ2) is 8.60. The fourth-order valence-corrected chi connectivity index (χ4v) is 4.38. The molecule has 0 fully saturated rings. The van der Waals surface area contributed by atoms with E-state index < -0.39 is 64.8 Å². The maximum absolute atomic E-state index is 14.4. The molecule has 0 aromatic carbocycles. The summed E-state index contributed by atoms with van der Waals surface area (Å²) >= 11 is 0. The maximum Gasteiger partial charge on any atom is 0.582 e. The van der Waals surface area contributed by atoms with Crippen LogP contribution in [0.1, 0.15) is 27.2 Å². The topological polar surface area (TPSA) is 27.7 Å². The molecule has 0 N–H and O–H groups in total. The molecule has 0 aliphatic carbocycles. The second-order valence-corrected chi connectivity index (χ2v) is 7.52. The van der Waals surface area contributed by atoms with Gasteiger partial charge in [-0.3, -0.25) is 0 Å². The molecule has 0 spiro atoms. The summed E-state index contributed by atoms with van der Waals surface area (Å²) in [5.41, 5.74) is -5.92. The summed E-state index contributed by atoms with van der Waals surface area (Å²) in [4.78, 5) is 0. The molecule has 0 bridgehead atoms. The van der Waals surface area contributed by atoms with E-state index in [2.05, 4.69) is 13.3 Å². The van der Waals surface area contributed by atoms with E-state index in [0.717, 1.165) is 20.8 Å². The van der Waals surface area contributed by atoms with Crippen LogP contribution >= 0.6 is 0 Å². The Morgan fingerprint density at radius 2 is 1.08 bits per heavy atom. The van der Waals surface area contributed by atoms with Gasteiger partial charge in [-0.1, -0.05) is 0 Å². The molecule has 1 atom stereocenters. The fraction of sp³-hybridized carbons (Fsp3) is 1.00. The van der Waals surface area contributed by atoms with Crippen molar-refractivity contribution in [3.05, 3.63) is 0 Å². The van der Waals surface area contributed by atoms with Gasteiger partial charge in [0.25, 0.3) is 0 Å². The molecule has 0 aliphatic rings. The molecule has 158 valence electrons. The molecule has 3 nitrogen and oxygen atoms in total. The van der Waals surface area contributed by atoms with Crippen LogP contribution < -0.4 is 0 Å². The summed E-state index contributed by atoms with van der Waals surface area (Å²) in [5, 5.41) is 0. The molecule has 0 saturated heterocycles. The lowest BCUT2D eigenvalue weighted by molar-refractivity contribution is -0.321. The van der Waals surface area contributed by atoms with Crippen molar-refractivity contribution in [2.24, 2.45) is 0 Å². The second-order valence-electron chi connectivity index (χ2n) is 4.91. The molecule has 0 amide bonds. The van der Waals surface area contributed by atoms with Gasteiger partial charge in [0.15, 0.2) is 6.17 Å². The highest BCUT2D eigenvalue weighted by Crippen LogP contribution is 2.53. The zero-order valence-corrected chi connectivity index (χ0v) is 14.9. The SMILES string of the molecule is CCO[Si](OCC)(OCC)C(F)(F)C(F)(F)C(F)(F)C(F)CC(F)(F)F. The van der Waals surface area contributed by atoms with Crippen molar-refractivity contribution in [3.63, 3.8) is 0 Å². The van der Waals surface area contributed by atoms with Crippen LogP contribution in [-0.4, -0.2) is 58.4 Å². The highest BCUT2D eigenvalue weighted by atomic mass is 28.4. The molecule has 0 aromatic heterocycles. The maximum atomic E-state index is 14.4. The summed E-state index contributed by atoms with van der Waals surface area (Å²) in [5.74, 6) is -13.0. The van der Waals surface area contributed by atoms with Crippen LogP contribution in [0.15, 0.2) is 0 Å². The summed E-state index contributed by atoms with van der Waals surface area (Å²) in [6, 6.07) is 0. The molecule has 0 radical (unpaired) electrons. The normalized spacial score (nSPS) is 16.0. The van der Waals surface area contributed by atoms with Crippen LogP contribution in [0.4, 0.5) is 43.9 Å². The molecular weight excluding hydrogens is 410 g/mol. The Morgan fingerprint density at radius 3 is 1.35 bits per heavy atom. The quantitative estimate of drug-likeness (QED) is 0.351. The van der Waals surface area contributed by atoms with Crippen molar-refractivity contribution < 1.29 is 57.2 Å². The molecule has 0 aliphatic heterocycles. The summed E-state index contributed by atoms with van der Waals surface area (Å²) in [7, 11) is -5.88. The van der Waals surface area contributed by atoms with E-state index in [4.69, 9.17) is 0 Å². The molecule has 0 heterocycles. The Balaban J connectivity index is 6.14. The van der Waals surface area contributed by atoms with Gasteiger partial charge in [0.2, 0.25) is 0 Å². The van der Waals surface area contributed by atoms with E-state index in [1.807, 2.05) is 0 Å². The number of hydrogen-bond acceptors (Lipinski definition) is 3. The Kier molecular flexibility index (Phi) is 8.40. The van der Waals surface area contributed by atoms with E-state index >= 15 is 0 Å². The van der Waals surface area contributed by atoms with Crippen LogP contribution in [0.25, 0.3) is 0 Å². The third-order valence-corrected chi connectivity index (χ3v) is 6.09. The molecule has 0 aromatic rings. The van der Waals surface area contributed by atoms with Crippen molar-refractivity contribution in [2.45, 2.75) is 56.9 Å². The smallest absolute Gasteiger partial charge is 0.370 e. The highest BCUT2D eigenvalue weighted by molar-refractivity contribution is 6.63. The van der Waals surface area contributed by atoms with Crippen LogP contribution in [0.3, 0.4) is 0 Å². The third-order valence-electron chi connectivity index (χ3n) is 3.00. The summed E-state index contributed by atoms with van der Waals surface area (Å²) < 4.78 is 147. The van der Waals surface area contributed by atoms with Gasteiger partial charge in [-0.15, -0.1) is 0 Å². The Bertz CT molecular complexity index is 426. The number of halogens is 10. The van der Waals surface area contributed by atoms with Gasteiger partial charge in [-0.2, -0.15) is 39.5 Å².